The van der Waals surface area contributed by atoms with Gasteiger partial charge in [-0.15, -0.1) is 12.4 Å². The SMILES string of the molecule is CC(C(=O)NC(CN)c1ccc2ccccc2c1)S(C)(=O)=O.Cl. The fourth-order valence-electron chi connectivity index (χ4n) is 2.19. The minimum absolute atomic E-state index is 0. The number of benzene rings is 2. The molecule has 2 aromatic rings. The zero-order valence-corrected chi connectivity index (χ0v) is 14.7. The molecule has 1 amide bonds. The Morgan fingerprint density at radius 2 is 1.78 bits per heavy atom. The van der Waals surface area contributed by atoms with E-state index in [-0.39, 0.29) is 19.0 Å². The van der Waals surface area contributed by atoms with Crippen LogP contribution in [0.15, 0.2) is 42.5 Å². The lowest BCUT2D eigenvalue weighted by Crippen LogP contribution is -2.41. The fourth-order valence-corrected chi connectivity index (χ4v) is 2.64. The third-order valence-electron chi connectivity index (χ3n) is 3.74. The number of fused-ring (bicyclic) bond motifs is 1. The van der Waals surface area contributed by atoms with E-state index in [1.165, 1.54) is 6.92 Å². The van der Waals surface area contributed by atoms with Crippen LogP contribution in [0.5, 0.6) is 0 Å². The molecule has 7 heteroatoms. The molecule has 0 aliphatic carbocycles. The van der Waals surface area contributed by atoms with Crippen molar-refractivity contribution in [3.05, 3.63) is 48.0 Å². The number of hydrogen-bond donors (Lipinski definition) is 2. The van der Waals surface area contributed by atoms with Crippen LogP contribution >= 0.6 is 12.4 Å². The molecule has 0 saturated heterocycles. The molecule has 0 radical (unpaired) electrons. The normalized spacial score (nSPS) is 13.9. The molecule has 0 aromatic heterocycles. The molecular weight excluding hydrogens is 336 g/mol. The van der Waals surface area contributed by atoms with Crippen molar-refractivity contribution in [2.45, 2.75) is 18.2 Å². The monoisotopic (exact) mass is 356 g/mol. The Morgan fingerprint density at radius 1 is 1.17 bits per heavy atom. The highest BCUT2D eigenvalue weighted by Crippen LogP contribution is 2.20. The number of carbonyl (C=O) groups excluding carboxylic acids is 1. The molecule has 3 N–H and O–H groups in total. The van der Waals surface area contributed by atoms with Gasteiger partial charge < -0.3 is 11.1 Å². The maximum Gasteiger partial charge on any atom is 0.238 e. The largest absolute Gasteiger partial charge is 0.347 e. The van der Waals surface area contributed by atoms with Crippen LogP contribution in [-0.2, 0) is 14.6 Å². The zero-order valence-electron chi connectivity index (χ0n) is 13.0. The van der Waals surface area contributed by atoms with Crippen molar-refractivity contribution in [2.24, 2.45) is 5.73 Å². The van der Waals surface area contributed by atoms with E-state index in [2.05, 4.69) is 5.32 Å². The number of hydrogen-bond acceptors (Lipinski definition) is 4. The Kier molecular flexibility index (Phi) is 6.56. The molecule has 126 valence electrons. The molecule has 0 spiro atoms. The van der Waals surface area contributed by atoms with E-state index in [9.17, 15) is 13.2 Å². The summed E-state index contributed by atoms with van der Waals surface area (Å²) in [6.07, 6.45) is 1.05. The van der Waals surface area contributed by atoms with Crippen molar-refractivity contribution < 1.29 is 13.2 Å². The summed E-state index contributed by atoms with van der Waals surface area (Å²) in [5, 5.41) is 3.76. The fraction of sp³-hybridized carbons (Fsp3) is 0.312. The highest BCUT2D eigenvalue weighted by molar-refractivity contribution is 7.92. The van der Waals surface area contributed by atoms with Crippen LogP contribution in [0.3, 0.4) is 0 Å². The number of rotatable bonds is 5. The van der Waals surface area contributed by atoms with Gasteiger partial charge in [0.05, 0.1) is 6.04 Å². The summed E-state index contributed by atoms with van der Waals surface area (Å²) in [4.78, 5) is 12.1. The quantitative estimate of drug-likeness (QED) is 0.855. The van der Waals surface area contributed by atoms with E-state index in [4.69, 9.17) is 5.73 Å². The maximum absolute atomic E-state index is 12.1. The van der Waals surface area contributed by atoms with E-state index in [0.29, 0.717) is 0 Å². The lowest BCUT2D eigenvalue weighted by Gasteiger charge is -2.20. The summed E-state index contributed by atoms with van der Waals surface area (Å²) in [5.74, 6) is -0.536. The molecule has 2 rings (SSSR count). The average Bonchev–Trinajstić information content (AvgIpc) is 2.50. The van der Waals surface area contributed by atoms with Crippen molar-refractivity contribution in [3.8, 4) is 0 Å². The van der Waals surface area contributed by atoms with E-state index >= 15 is 0 Å². The second-order valence-corrected chi connectivity index (χ2v) is 7.74. The predicted molar refractivity (Wildman–Crippen MR) is 95.4 cm³/mol. The highest BCUT2D eigenvalue weighted by Gasteiger charge is 2.25. The van der Waals surface area contributed by atoms with Gasteiger partial charge >= 0.3 is 0 Å². The molecule has 2 unspecified atom stereocenters. The lowest BCUT2D eigenvalue weighted by molar-refractivity contribution is -0.121. The van der Waals surface area contributed by atoms with Crippen molar-refractivity contribution in [1.82, 2.24) is 5.32 Å². The van der Waals surface area contributed by atoms with Crippen LogP contribution < -0.4 is 11.1 Å². The molecule has 0 bridgehead atoms. The van der Waals surface area contributed by atoms with Gasteiger partial charge in [-0.3, -0.25) is 4.79 Å². The van der Waals surface area contributed by atoms with E-state index in [0.717, 1.165) is 22.6 Å². The van der Waals surface area contributed by atoms with Crippen LogP contribution in [0.25, 0.3) is 10.8 Å². The number of nitrogens with one attached hydrogen (secondary N) is 1. The molecular formula is C16H21ClN2O3S. The topological polar surface area (TPSA) is 89.3 Å². The highest BCUT2D eigenvalue weighted by atomic mass is 35.5. The minimum atomic E-state index is -3.43. The van der Waals surface area contributed by atoms with Crippen molar-refractivity contribution in [2.75, 3.05) is 12.8 Å². The molecule has 0 heterocycles. The minimum Gasteiger partial charge on any atom is -0.347 e. The van der Waals surface area contributed by atoms with Gasteiger partial charge in [0.2, 0.25) is 5.91 Å². The standard InChI is InChI=1S/C16H20N2O3S.ClH/c1-11(22(2,20)21)16(19)18-15(10-17)14-8-7-12-5-3-4-6-13(12)9-14;/h3-9,11,15H,10,17H2,1-2H3,(H,18,19);1H. The van der Waals surface area contributed by atoms with Crippen molar-refractivity contribution in [3.63, 3.8) is 0 Å². The molecule has 0 aliphatic rings. The van der Waals surface area contributed by atoms with Crippen LogP contribution in [0, 0.1) is 0 Å². The third-order valence-corrected chi connectivity index (χ3v) is 5.24. The Labute approximate surface area is 142 Å². The lowest BCUT2D eigenvalue weighted by atomic mass is 10.0. The Bertz CT molecular complexity index is 793. The first-order chi connectivity index (χ1) is 10.3. The molecule has 5 nitrogen and oxygen atoms in total. The average molecular weight is 357 g/mol. The number of sulfone groups is 1. The Balaban J connectivity index is 0.00000264. The summed E-state index contributed by atoms with van der Waals surface area (Å²) in [6, 6.07) is 13.3. The first kappa shape index (κ1) is 19.4. The number of carbonyl (C=O) groups is 1. The van der Waals surface area contributed by atoms with Gasteiger partial charge in [-0.25, -0.2) is 8.42 Å². The van der Waals surface area contributed by atoms with Gasteiger partial charge in [0.1, 0.15) is 5.25 Å². The summed E-state index contributed by atoms with van der Waals surface area (Å²) < 4.78 is 22.9. The molecule has 2 atom stereocenters. The van der Waals surface area contributed by atoms with Gasteiger partial charge in [0.25, 0.3) is 0 Å². The first-order valence-electron chi connectivity index (χ1n) is 7.01. The van der Waals surface area contributed by atoms with Crippen molar-refractivity contribution in [1.29, 1.82) is 0 Å². The molecule has 0 aliphatic heterocycles. The van der Waals surface area contributed by atoms with Gasteiger partial charge in [0.15, 0.2) is 9.84 Å². The summed E-state index contributed by atoms with van der Waals surface area (Å²) in [6.45, 7) is 1.57. The smallest absolute Gasteiger partial charge is 0.238 e. The van der Waals surface area contributed by atoms with Crippen LogP contribution in [0.1, 0.15) is 18.5 Å². The van der Waals surface area contributed by atoms with E-state index < -0.39 is 27.0 Å². The van der Waals surface area contributed by atoms with E-state index in [1.54, 1.807) is 0 Å². The van der Waals surface area contributed by atoms with Gasteiger partial charge in [-0.1, -0.05) is 36.4 Å². The third kappa shape index (κ3) is 4.67. The molecule has 23 heavy (non-hydrogen) atoms. The molecule has 2 aromatic carbocycles. The van der Waals surface area contributed by atoms with Gasteiger partial charge in [-0.05, 0) is 29.3 Å². The first-order valence-corrected chi connectivity index (χ1v) is 8.96. The predicted octanol–water partition coefficient (Wildman–Crippen LogP) is 1.81. The van der Waals surface area contributed by atoms with E-state index in [1.807, 2.05) is 42.5 Å². The summed E-state index contributed by atoms with van der Waals surface area (Å²) in [5.41, 5.74) is 6.60. The Hall–Kier alpha value is -1.63. The molecule has 0 saturated carbocycles. The summed E-state index contributed by atoms with van der Waals surface area (Å²) >= 11 is 0. The molecule has 0 fully saturated rings. The number of halogens is 1. The second-order valence-electron chi connectivity index (χ2n) is 5.38. The van der Waals surface area contributed by atoms with Crippen LogP contribution in [-0.4, -0.2) is 32.4 Å². The van der Waals surface area contributed by atoms with Crippen LogP contribution in [0.2, 0.25) is 0 Å². The number of amides is 1. The van der Waals surface area contributed by atoms with Crippen LogP contribution in [0.4, 0.5) is 0 Å². The van der Waals surface area contributed by atoms with Gasteiger partial charge in [0, 0.05) is 12.8 Å². The summed E-state index contributed by atoms with van der Waals surface area (Å²) in [7, 11) is -3.43. The second kappa shape index (κ2) is 7.77. The maximum atomic E-state index is 12.1. The van der Waals surface area contributed by atoms with Gasteiger partial charge in [-0.2, -0.15) is 0 Å². The van der Waals surface area contributed by atoms with Crippen molar-refractivity contribution >= 4 is 38.9 Å². The zero-order chi connectivity index (χ0) is 16.3. The number of nitrogens with two attached hydrogens (primary N) is 1. The Morgan fingerprint density at radius 3 is 2.35 bits per heavy atom.